The fourth-order valence-electron chi connectivity index (χ4n) is 2.89. The highest BCUT2D eigenvalue weighted by Crippen LogP contribution is 2.41. The van der Waals surface area contributed by atoms with Crippen LogP contribution in [-0.4, -0.2) is 31.4 Å². The second-order valence-electron chi connectivity index (χ2n) is 6.87. The maximum atomic E-state index is 12.5. The van der Waals surface area contributed by atoms with Crippen LogP contribution < -0.4 is 21.5 Å². The van der Waals surface area contributed by atoms with Crippen LogP contribution in [-0.2, 0) is 10.0 Å². The summed E-state index contributed by atoms with van der Waals surface area (Å²) < 4.78 is 31.3. The Bertz CT molecular complexity index is 1230. The molecule has 11 heteroatoms. The van der Waals surface area contributed by atoms with Crippen LogP contribution in [0.15, 0.2) is 35.9 Å². The van der Waals surface area contributed by atoms with Crippen molar-refractivity contribution in [2.45, 2.75) is 37.4 Å². The Morgan fingerprint density at radius 3 is 2.47 bits per heavy atom. The number of rotatable bonds is 9. The lowest BCUT2D eigenvalue weighted by Crippen LogP contribution is -2.37. The Morgan fingerprint density at radius 2 is 1.90 bits per heavy atom. The molecule has 0 aliphatic rings. The van der Waals surface area contributed by atoms with E-state index < -0.39 is 26.6 Å². The molecule has 2 heterocycles. The zero-order valence-electron chi connectivity index (χ0n) is 17.0. The Labute approximate surface area is 177 Å². The topological polar surface area (TPSA) is 129 Å². The standard InChI is InChI=1S/C19H23N3O6S2/c1-5-11(13-7-10(3)8-28-13)20-14-15(18(25)17(14)24)21-12-9-29-19(16(12)23)30(26,27)22(4)6-2/h7-9,11,20-21,23H,5-6H2,1-4H3/t11-/m1/s1. The first-order chi connectivity index (χ1) is 14.1. The Balaban J connectivity index is 1.89. The summed E-state index contributed by atoms with van der Waals surface area (Å²) in [6.07, 6.45) is 2.19. The van der Waals surface area contributed by atoms with Gasteiger partial charge >= 0.3 is 0 Å². The number of aryl methyl sites for hydroxylation is 1. The van der Waals surface area contributed by atoms with E-state index >= 15 is 0 Å². The zero-order valence-corrected chi connectivity index (χ0v) is 18.6. The average molecular weight is 454 g/mol. The van der Waals surface area contributed by atoms with Gasteiger partial charge in [0.1, 0.15) is 17.1 Å². The summed E-state index contributed by atoms with van der Waals surface area (Å²) in [4.78, 5) is 24.2. The molecule has 0 aliphatic heterocycles. The van der Waals surface area contributed by atoms with E-state index in [0.29, 0.717) is 12.2 Å². The molecule has 1 atom stereocenters. The van der Waals surface area contributed by atoms with Gasteiger partial charge in [-0.05, 0) is 25.0 Å². The molecule has 0 saturated carbocycles. The molecule has 0 radical (unpaired) electrons. The van der Waals surface area contributed by atoms with E-state index in [9.17, 15) is 23.1 Å². The third-order valence-electron chi connectivity index (χ3n) is 4.81. The summed E-state index contributed by atoms with van der Waals surface area (Å²) in [5.74, 6) is 0.136. The van der Waals surface area contributed by atoms with Gasteiger partial charge in [-0.3, -0.25) is 9.59 Å². The molecule has 0 unspecified atom stereocenters. The molecule has 1 aromatic carbocycles. The largest absolute Gasteiger partial charge is 0.504 e. The van der Waals surface area contributed by atoms with Gasteiger partial charge < -0.3 is 20.2 Å². The quantitative estimate of drug-likeness (QED) is 0.422. The molecular weight excluding hydrogens is 430 g/mol. The number of hydrogen-bond acceptors (Lipinski definition) is 9. The van der Waals surface area contributed by atoms with Crippen molar-refractivity contribution in [3.63, 3.8) is 0 Å². The minimum Gasteiger partial charge on any atom is -0.504 e. The number of anilines is 3. The molecule has 9 nitrogen and oxygen atoms in total. The van der Waals surface area contributed by atoms with E-state index in [2.05, 4.69) is 10.6 Å². The van der Waals surface area contributed by atoms with Gasteiger partial charge in [-0.2, -0.15) is 0 Å². The number of aromatic hydroxyl groups is 1. The minimum absolute atomic E-state index is 0.0253. The van der Waals surface area contributed by atoms with Gasteiger partial charge in [-0.15, -0.1) is 11.3 Å². The first-order valence-electron chi connectivity index (χ1n) is 9.30. The summed E-state index contributed by atoms with van der Waals surface area (Å²) in [6, 6.07) is 1.51. The molecule has 3 N–H and O–H groups in total. The fraction of sp³-hybridized carbons (Fsp3) is 0.368. The number of thiophene rings is 1. The van der Waals surface area contributed by atoms with E-state index in [4.69, 9.17) is 4.42 Å². The zero-order chi connectivity index (χ0) is 22.2. The number of furan rings is 1. The molecule has 0 aliphatic carbocycles. The Morgan fingerprint density at radius 1 is 1.23 bits per heavy atom. The highest BCUT2D eigenvalue weighted by Gasteiger charge is 2.30. The van der Waals surface area contributed by atoms with Gasteiger partial charge in [0.25, 0.3) is 20.9 Å². The first-order valence-corrected chi connectivity index (χ1v) is 11.6. The summed E-state index contributed by atoms with van der Waals surface area (Å²) >= 11 is 0.828. The van der Waals surface area contributed by atoms with Crippen LogP contribution in [0, 0.1) is 6.92 Å². The monoisotopic (exact) mass is 453 g/mol. The normalized spacial score (nSPS) is 13.1. The molecule has 0 saturated heterocycles. The Kier molecular flexibility index (Phi) is 6.06. The highest BCUT2D eigenvalue weighted by atomic mass is 32.2. The molecule has 30 heavy (non-hydrogen) atoms. The van der Waals surface area contributed by atoms with Crippen LogP contribution in [0.2, 0.25) is 0 Å². The van der Waals surface area contributed by atoms with Crippen LogP contribution in [0.1, 0.15) is 37.6 Å². The third-order valence-corrected chi connectivity index (χ3v) is 8.24. The highest BCUT2D eigenvalue weighted by molar-refractivity contribution is 7.91. The number of nitrogens with one attached hydrogen (secondary N) is 2. The Hall–Kier alpha value is -2.63. The van der Waals surface area contributed by atoms with Gasteiger partial charge in [0.2, 0.25) is 0 Å². The van der Waals surface area contributed by atoms with Crippen molar-refractivity contribution in [3.05, 3.63) is 49.5 Å². The van der Waals surface area contributed by atoms with Gasteiger partial charge in [-0.25, -0.2) is 12.7 Å². The van der Waals surface area contributed by atoms with Gasteiger partial charge in [0.15, 0.2) is 9.96 Å². The van der Waals surface area contributed by atoms with Crippen molar-refractivity contribution in [2.75, 3.05) is 24.2 Å². The summed E-state index contributed by atoms with van der Waals surface area (Å²) in [6.45, 7) is 5.69. The number of sulfonamides is 1. The summed E-state index contributed by atoms with van der Waals surface area (Å²) in [5, 5.41) is 17.5. The molecule has 0 fully saturated rings. The van der Waals surface area contributed by atoms with E-state index in [1.54, 1.807) is 13.2 Å². The second kappa shape index (κ2) is 8.25. The molecular formula is C19H23N3O6S2. The lowest BCUT2D eigenvalue weighted by molar-refractivity contribution is 0.454. The fourth-order valence-corrected chi connectivity index (χ4v) is 5.49. The smallest absolute Gasteiger partial charge is 0.256 e. The maximum Gasteiger partial charge on any atom is 0.256 e. The molecule has 0 amide bonds. The van der Waals surface area contributed by atoms with Crippen LogP contribution in [0.3, 0.4) is 0 Å². The lowest BCUT2D eigenvalue weighted by atomic mass is 10.1. The number of hydrogen-bond donors (Lipinski definition) is 3. The summed E-state index contributed by atoms with van der Waals surface area (Å²) in [5.41, 5.74) is -0.414. The molecule has 162 valence electrons. The van der Waals surface area contributed by atoms with Crippen molar-refractivity contribution < 1.29 is 17.9 Å². The van der Waals surface area contributed by atoms with Crippen molar-refractivity contribution in [2.24, 2.45) is 0 Å². The molecule has 3 rings (SSSR count). The SMILES string of the molecule is CC[C@@H](Nc1c(Nc2csc(S(=O)(=O)N(C)CC)c2O)c(=O)c1=O)c1cc(C)co1. The third kappa shape index (κ3) is 3.75. The predicted molar refractivity (Wildman–Crippen MR) is 116 cm³/mol. The molecule has 0 bridgehead atoms. The average Bonchev–Trinajstić information content (AvgIpc) is 3.32. The van der Waals surface area contributed by atoms with Gasteiger partial charge in [0, 0.05) is 19.0 Å². The van der Waals surface area contributed by atoms with Crippen LogP contribution >= 0.6 is 11.3 Å². The van der Waals surface area contributed by atoms with Crippen LogP contribution in [0.5, 0.6) is 5.75 Å². The molecule has 2 aromatic heterocycles. The van der Waals surface area contributed by atoms with Crippen molar-refractivity contribution in [1.29, 1.82) is 0 Å². The van der Waals surface area contributed by atoms with Crippen LogP contribution in [0.25, 0.3) is 0 Å². The van der Waals surface area contributed by atoms with E-state index in [1.807, 2.05) is 19.9 Å². The minimum atomic E-state index is -3.85. The predicted octanol–water partition coefficient (Wildman–Crippen LogP) is 2.90. The van der Waals surface area contributed by atoms with Crippen molar-refractivity contribution in [3.8, 4) is 5.75 Å². The lowest BCUT2D eigenvalue weighted by Gasteiger charge is -2.20. The van der Waals surface area contributed by atoms with Gasteiger partial charge in [-0.1, -0.05) is 13.8 Å². The van der Waals surface area contributed by atoms with E-state index in [1.165, 1.54) is 12.4 Å². The van der Waals surface area contributed by atoms with E-state index in [0.717, 1.165) is 21.2 Å². The van der Waals surface area contributed by atoms with Crippen molar-refractivity contribution in [1.82, 2.24) is 4.31 Å². The molecule has 0 spiro atoms. The van der Waals surface area contributed by atoms with E-state index in [-0.39, 0.29) is 33.9 Å². The van der Waals surface area contributed by atoms with Gasteiger partial charge in [0.05, 0.1) is 18.0 Å². The molecule has 3 aromatic rings. The number of nitrogens with zero attached hydrogens (tertiary/aromatic N) is 1. The summed E-state index contributed by atoms with van der Waals surface area (Å²) in [7, 11) is -2.45. The first kappa shape index (κ1) is 22.1. The van der Waals surface area contributed by atoms with Crippen LogP contribution in [0.4, 0.5) is 17.1 Å². The van der Waals surface area contributed by atoms with Crippen molar-refractivity contribution >= 4 is 38.4 Å². The second-order valence-corrected chi connectivity index (χ2v) is 9.99. The maximum absolute atomic E-state index is 12.5.